The predicted molar refractivity (Wildman–Crippen MR) is 114 cm³/mol. The van der Waals surface area contributed by atoms with Gasteiger partial charge in [-0.05, 0) is 57.4 Å². The minimum Gasteiger partial charge on any atom is -0.493 e. The molecule has 2 heteroatoms. The molecule has 1 heterocycles. The largest absolute Gasteiger partial charge is 0.493 e. The number of rotatable bonds is 7. The second-order valence-electron chi connectivity index (χ2n) is 7.52. The van der Waals surface area contributed by atoms with E-state index in [1.807, 2.05) is 0 Å². The van der Waals surface area contributed by atoms with Gasteiger partial charge in [-0.2, -0.15) is 0 Å². The summed E-state index contributed by atoms with van der Waals surface area (Å²) in [6.07, 6.45) is 5.49. The third-order valence-electron chi connectivity index (χ3n) is 5.33. The molecule has 2 aromatic carbocycles. The van der Waals surface area contributed by atoms with E-state index in [1.54, 1.807) is 0 Å². The van der Waals surface area contributed by atoms with Gasteiger partial charge in [0.25, 0.3) is 0 Å². The number of hydrogen-bond donors (Lipinski definition) is 0. The van der Waals surface area contributed by atoms with Gasteiger partial charge in [0.2, 0.25) is 11.4 Å². The molecule has 2 aromatic rings. The lowest BCUT2D eigenvalue weighted by atomic mass is 9.93. The molecule has 0 amide bonds. The van der Waals surface area contributed by atoms with Crippen LogP contribution in [0.4, 0.5) is 0 Å². The van der Waals surface area contributed by atoms with Gasteiger partial charge in [-0.1, -0.05) is 62.1 Å². The quantitative estimate of drug-likeness (QED) is 0.362. The summed E-state index contributed by atoms with van der Waals surface area (Å²) in [5.74, 6) is 0. The molecule has 0 atom stereocenters. The topological polar surface area (TPSA) is 25.3 Å². The molecular weight excluding hydrogens is 328 g/mol. The Morgan fingerprint density at radius 2 is 1.33 bits per heavy atom. The van der Waals surface area contributed by atoms with Crippen molar-refractivity contribution in [2.24, 2.45) is 0 Å². The minimum absolute atomic E-state index is 0.914. The van der Waals surface area contributed by atoms with Crippen LogP contribution in [-0.2, 0) is 0 Å². The van der Waals surface area contributed by atoms with Gasteiger partial charge in [-0.25, -0.2) is 4.70 Å². The molecule has 0 radical (unpaired) electrons. The first-order chi connectivity index (χ1) is 13.1. The van der Waals surface area contributed by atoms with Crippen molar-refractivity contribution in [2.45, 2.75) is 59.8 Å². The maximum atomic E-state index is 11.3. The molecule has 0 saturated heterocycles. The molecule has 2 nitrogen and oxygen atoms in total. The molecule has 0 fully saturated rings. The maximum Gasteiger partial charge on any atom is 0.211 e. The van der Waals surface area contributed by atoms with E-state index < -0.39 is 0 Å². The number of nitrogens with zero attached hydrogens (tertiary/aromatic N) is 2. The molecule has 0 saturated carbocycles. The van der Waals surface area contributed by atoms with E-state index in [4.69, 9.17) is 0 Å². The Balaban J connectivity index is 2.14. The lowest BCUT2D eigenvalue weighted by Crippen LogP contribution is -2.02. The van der Waals surface area contributed by atoms with Crippen molar-refractivity contribution in [1.29, 1.82) is 0 Å². The van der Waals surface area contributed by atoms with Gasteiger partial charge >= 0.3 is 0 Å². The van der Waals surface area contributed by atoms with Crippen molar-refractivity contribution in [3.63, 3.8) is 0 Å². The zero-order valence-electron chi connectivity index (χ0n) is 17.0. The van der Waals surface area contributed by atoms with Gasteiger partial charge in [0.15, 0.2) is 0 Å². The van der Waals surface area contributed by atoms with Crippen LogP contribution >= 0.6 is 0 Å². The number of allylic oxidation sites excluding steroid dienone is 2. The monoisotopic (exact) mass is 358 g/mol. The summed E-state index contributed by atoms with van der Waals surface area (Å²) < 4.78 is 1.45. The molecule has 27 heavy (non-hydrogen) atoms. The molecule has 1 aliphatic rings. The summed E-state index contributed by atoms with van der Waals surface area (Å²) in [6.45, 7) is 8.63. The zero-order valence-corrected chi connectivity index (χ0v) is 17.0. The van der Waals surface area contributed by atoms with Crippen molar-refractivity contribution in [2.75, 3.05) is 0 Å². The van der Waals surface area contributed by atoms with Crippen LogP contribution in [0.25, 0.3) is 16.9 Å². The van der Waals surface area contributed by atoms with Gasteiger partial charge in [-0.3, -0.25) is 0 Å². The first-order valence-electron chi connectivity index (χ1n) is 10.2. The molecule has 0 bridgehead atoms. The zero-order chi connectivity index (χ0) is 19.4. The molecule has 0 N–H and O–H groups in total. The fourth-order valence-electron chi connectivity index (χ4n) is 4.03. The molecule has 3 rings (SSSR count). The van der Waals surface area contributed by atoms with E-state index in [1.165, 1.54) is 39.8 Å². The Hall–Kier alpha value is -2.48. The first-order valence-corrected chi connectivity index (χ1v) is 10.2. The van der Waals surface area contributed by atoms with Crippen LogP contribution in [0.2, 0.25) is 0 Å². The van der Waals surface area contributed by atoms with Crippen LogP contribution in [0.5, 0.6) is 0 Å². The Kier molecular flexibility index (Phi) is 6.05. The Morgan fingerprint density at radius 3 is 1.81 bits per heavy atom. The average molecular weight is 359 g/mol. The van der Waals surface area contributed by atoms with Crippen LogP contribution in [0.3, 0.4) is 0 Å². The highest BCUT2D eigenvalue weighted by molar-refractivity contribution is 5.82. The third-order valence-corrected chi connectivity index (χ3v) is 5.33. The average Bonchev–Trinajstić information content (AvgIpc) is 2.93. The Bertz CT molecular complexity index is 915. The highest BCUT2D eigenvalue weighted by Crippen LogP contribution is 2.43. The van der Waals surface area contributed by atoms with Gasteiger partial charge in [0, 0.05) is 22.3 Å². The van der Waals surface area contributed by atoms with Gasteiger partial charge < -0.3 is 5.53 Å². The Labute approximate surface area is 163 Å². The summed E-state index contributed by atoms with van der Waals surface area (Å²) in [5.41, 5.74) is 20.4. The maximum absolute atomic E-state index is 11.3. The van der Waals surface area contributed by atoms with Crippen molar-refractivity contribution < 1.29 is 4.70 Å². The van der Waals surface area contributed by atoms with Crippen LogP contribution in [-0.4, -0.2) is 4.70 Å². The molecule has 1 aliphatic heterocycles. The molecule has 140 valence electrons. The highest BCUT2D eigenvalue weighted by Gasteiger charge is 2.34. The minimum atomic E-state index is 0.914. The van der Waals surface area contributed by atoms with Crippen LogP contribution < -0.4 is 0 Å². The number of benzene rings is 2. The van der Waals surface area contributed by atoms with Crippen molar-refractivity contribution in [3.05, 3.63) is 87.5 Å². The highest BCUT2D eigenvalue weighted by atomic mass is 15.2. The normalized spacial score (nSPS) is 14.4. The standard InChI is InChI=1S/C25H30N2/c1-5-7-8-15-23-22(6-2)24(20-13-9-11-18(3)16-20)27(26)25(23)21-14-10-12-19(4)17-21/h9-14,16-17H,5-8,15H2,1-4H3. The summed E-state index contributed by atoms with van der Waals surface area (Å²) in [6, 6.07) is 16.9. The van der Waals surface area contributed by atoms with Gasteiger partial charge in [0.05, 0.1) is 0 Å². The third kappa shape index (κ3) is 3.95. The molecule has 0 spiro atoms. The van der Waals surface area contributed by atoms with Crippen molar-refractivity contribution in [1.82, 2.24) is 0 Å². The lowest BCUT2D eigenvalue weighted by molar-refractivity contribution is -0.345. The SMILES string of the molecule is CCCCCC1=C(c2cccc(C)c2)[N+](=[N-])C(c2cccc(C)c2)=C1CC. The number of aryl methyl sites for hydroxylation is 2. The lowest BCUT2D eigenvalue weighted by Gasteiger charge is -2.10. The van der Waals surface area contributed by atoms with E-state index >= 15 is 0 Å². The van der Waals surface area contributed by atoms with Gasteiger partial charge in [-0.15, -0.1) is 0 Å². The van der Waals surface area contributed by atoms with E-state index in [9.17, 15) is 5.53 Å². The van der Waals surface area contributed by atoms with E-state index in [2.05, 4.69) is 76.2 Å². The van der Waals surface area contributed by atoms with Crippen LogP contribution in [0.15, 0.2) is 59.7 Å². The fourth-order valence-corrected chi connectivity index (χ4v) is 4.03. The van der Waals surface area contributed by atoms with Gasteiger partial charge in [0.1, 0.15) is 0 Å². The van der Waals surface area contributed by atoms with E-state index in [0.717, 1.165) is 41.8 Å². The predicted octanol–water partition coefficient (Wildman–Crippen LogP) is 7.46. The second-order valence-corrected chi connectivity index (χ2v) is 7.52. The molecule has 0 unspecified atom stereocenters. The summed E-state index contributed by atoms with van der Waals surface area (Å²) in [4.78, 5) is 0. The molecule has 0 aromatic heterocycles. The van der Waals surface area contributed by atoms with Crippen LogP contribution in [0, 0.1) is 13.8 Å². The number of hydrogen-bond acceptors (Lipinski definition) is 0. The summed E-state index contributed by atoms with van der Waals surface area (Å²) >= 11 is 0. The number of unbranched alkanes of at least 4 members (excludes halogenated alkanes) is 2. The van der Waals surface area contributed by atoms with Crippen molar-refractivity contribution >= 4 is 11.4 Å². The van der Waals surface area contributed by atoms with Crippen LogP contribution in [0.1, 0.15) is 68.2 Å². The second kappa shape index (κ2) is 8.47. The smallest absolute Gasteiger partial charge is 0.211 e. The molecular formula is C25H30N2. The summed E-state index contributed by atoms with van der Waals surface area (Å²) in [5, 5.41) is 0. The Morgan fingerprint density at radius 1 is 0.778 bits per heavy atom. The first kappa shape index (κ1) is 19.3. The summed E-state index contributed by atoms with van der Waals surface area (Å²) in [7, 11) is 0. The van der Waals surface area contributed by atoms with Crippen molar-refractivity contribution in [3.8, 4) is 0 Å². The molecule has 0 aliphatic carbocycles. The van der Waals surface area contributed by atoms with E-state index in [0.29, 0.717) is 0 Å². The fraction of sp³-hybridized carbons (Fsp3) is 0.360. The van der Waals surface area contributed by atoms with E-state index in [-0.39, 0.29) is 0 Å².